The molecule has 0 saturated heterocycles. The highest BCUT2D eigenvalue weighted by Crippen LogP contribution is 2.26. The van der Waals surface area contributed by atoms with Crippen LogP contribution in [0.3, 0.4) is 0 Å². The number of rotatable bonds is 3. The Morgan fingerprint density at radius 1 is 1.43 bits per heavy atom. The summed E-state index contributed by atoms with van der Waals surface area (Å²) in [6, 6.07) is 7.79. The lowest BCUT2D eigenvalue weighted by molar-refractivity contribution is -0.108. The Morgan fingerprint density at radius 3 is 3.00 bits per heavy atom. The van der Waals surface area contributed by atoms with Gasteiger partial charge in [-0.15, -0.1) is 11.3 Å². The number of hydrogen-bond acceptors (Lipinski definition) is 3. The summed E-state index contributed by atoms with van der Waals surface area (Å²) >= 11 is 1.69. The molecular formula is C11H11NOS. The molecule has 1 aromatic heterocycles. The van der Waals surface area contributed by atoms with Gasteiger partial charge in [0, 0.05) is 4.70 Å². The highest BCUT2D eigenvalue weighted by Gasteiger charge is 2.07. The maximum Gasteiger partial charge on any atom is 0.137 e. The molecule has 2 aromatic rings. The van der Waals surface area contributed by atoms with Crippen LogP contribution in [0.5, 0.6) is 0 Å². The fourth-order valence-electron chi connectivity index (χ4n) is 1.49. The first-order chi connectivity index (χ1) is 6.81. The number of thiophene rings is 1. The van der Waals surface area contributed by atoms with Gasteiger partial charge in [0.2, 0.25) is 0 Å². The van der Waals surface area contributed by atoms with Crippen molar-refractivity contribution in [2.45, 2.75) is 12.5 Å². The number of hydrogen-bond donors (Lipinski definition) is 1. The van der Waals surface area contributed by atoms with Gasteiger partial charge in [0.15, 0.2) is 0 Å². The van der Waals surface area contributed by atoms with Crippen LogP contribution >= 0.6 is 11.3 Å². The van der Waals surface area contributed by atoms with Gasteiger partial charge < -0.3 is 10.5 Å². The lowest BCUT2D eigenvalue weighted by Crippen LogP contribution is -2.23. The molecule has 0 saturated carbocycles. The second-order valence-electron chi connectivity index (χ2n) is 3.26. The molecule has 3 heteroatoms. The van der Waals surface area contributed by atoms with Gasteiger partial charge in [0.25, 0.3) is 0 Å². The third-order valence-electron chi connectivity index (χ3n) is 2.19. The molecule has 2 N–H and O–H groups in total. The Labute approximate surface area is 86.3 Å². The van der Waals surface area contributed by atoms with Crippen LogP contribution in [0.4, 0.5) is 0 Å². The Hall–Kier alpha value is -1.19. The molecule has 72 valence electrons. The third-order valence-corrected chi connectivity index (χ3v) is 3.20. The molecule has 0 amide bonds. The minimum Gasteiger partial charge on any atom is -0.321 e. The van der Waals surface area contributed by atoms with Gasteiger partial charge in [-0.05, 0) is 28.8 Å². The molecule has 1 heterocycles. The smallest absolute Gasteiger partial charge is 0.137 e. The van der Waals surface area contributed by atoms with Crippen molar-refractivity contribution < 1.29 is 4.79 Å². The topological polar surface area (TPSA) is 43.1 Å². The van der Waals surface area contributed by atoms with Crippen LogP contribution < -0.4 is 5.73 Å². The lowest BCUT2D eigenvalue weighted by Gasteiger charge is -2.01. The van der Waals surface area contributed by atoms with E-state index in [-0.39, 0.29) is 6.04 Å². The monoisotopic (exact) mass is 205 g/mol. The molecule has 0 bridgehead atoms. The summed E-state index contributed by atoms with van der Waals surface area (Å²) in [5.74, 6) is 0. The van der Waals surface area contributed by atoms with Gasteiger partial charge in [-0.2, -0.15) is 0 Å². The van der Waals surface area contributed by atoms with Crippen LogP contribution in [-0.4, -0.2) is 12.3 Å². The van der Waals surface area contributed by atoms with Crippen molar-refractivity contribution in [3.63, 3.8) is 0 Å². The zero-order valence-corrected chi connectivity index (χ0v) is 8.46. The Balaban J connectivity index is 2.38. The summed E-state index contributed by atoms with van der Waals surface area (Å²) in [6.07, 6.45) is 1.43. The van der Waals surface area contributed by atoms with Gasteiger partial charge in [0.05, 0.1) is 6.04 Å². The molecule has 2 rings (SSSR count). The van der Waals surface area contributed by atoms with Gasteiger partial charge in [0.1, 0.15) is 6.29 Å². The summed E-state index contributed by atoms with van der Waals surface area (Å²) in [5, 5.41) is 3.29. The van der Waals surface area contributed by atoms with Crippen molar-refractivity contribution in [3.8, 4) is 0 Å². The van der Waals surface area contributed by atoms with E-state index in [9.17, 15) is 4.79 Å². The fourth-order valence-corrected chi connectivity index (χ4v) is 2.47. The van der Waals surface area contributed by atoms with E-state index >= 15 is 0 Å². The number of benzene rings is 1. The molecule has 0 fully saturated rings. The largest absolute Gasteiger partial charge is 0.321 e. The minimum absolute atomic E-state index is 0.381. The van der Waals surface area contributed by atoms with Gasteiger partial charge >= 0.3 is 0 Å². The van der Waals surface area contributed by atoms with E-state index < -0.39 is 0 Å². The molecule has 1 atom stereocenters. The van der Waals surface area contributed by atoms with Crippen LogP contribution in [0, 0.1) is 0 Å². The van der Waals surface area contributed by atoms with Crippen LogP contribution in [0.15, 0.2) is 29.6 Å². The number of nitrogens with two attached hydrogens (primary N) is 1. The van der Waals surface area contributed by atoms with Crippen LogP contribution in [0.1, 0.15) is 5.56 Å². The first kappa shape index (κ1) is 9.37. The van der Waals surface area contributed by atoms with E-state index in [1.165, 1.54) is 15.6 Å². The molecule has 0 aliphatic heterocycles. The van der Waals surface area contributed by atoms with Gasteiger partial charge in [-0.3, -0.25) is 0 Å². The van der Waals surface area contributed by atoms with Gasteiger partial charge in [-0.25, -0.2) is 0 Å². The van der Waals surface area contributed by atoms with Crippen molar-refractivity contribution >= 4 is 27.7 Å². The van der Waals surface area contributed by atoms with E-state index in [1.54, 1.807) is 11.3 Å². The highest BCUT2D eigenvalue weighted by atomic mass is 32.1. The standard InChI is InChI=1S/C11H11NOS/c12-9(6-13)5-8-7-14-11-4-2-1-3-10(8)11/h1-4,6-7,9H,5,12H2/t9-/m1/s1. The number of aldehydes is 1. The molecule has 0 aliphatic rings. The predicted molar refractivity (Wildman–Crippen MR) is 59.6 cm³/mol. The predicted octanol–water partition coefficient (Wildman–Crippen LogP) is 1.97. The van der Waals surface area contributed by atoms with Crippen molar-refractivity contribution in [3.05, 3.63) is 35.2 Å². The molecule has 0 radical (unpaired) electrons. The second-order valence-corrected chi connectivity index (χ2v) is 4.17. The lowest BCUT2D eigenvalue weighted by atomic mass is 10.1. The second kappa shape index (κ2) is 3.90. The average Bonchev–Trinajstić information content (AvgIpc) is 2.62. The van der Waals surface area contributed by atoms with E-state index in [2.05, 4.69) is 17.5 Å². The molecular weight excluding hydrogens is 194 g/mol. The van der Waals surface area contributed by atoms with Gasteiger partial charge in [-0.1, -0.05) is 18.2 Å². The highest BCUT2D eigenvalue weighted by molar-refractivity contribution is 7.17. The number of fused-ring (bicyclic) bond motifs is 1. The molecule has 1 aromatic carbocycles. The summed E-state index contributed by atoms with van der Waals surface area (Å²) < 4.78 is 1.25. The summed E-state index contributed by atoms with van der Waals surface area (Å²) in [4.78, 5) is 10.4. The Kier molecular flexibility index (Phi) is 2.61. The van der Waals surface area contributed by atoms with E-state index in [0.29, 0.717) is 6.42 Å². The van der Waals surface area contributed by atoms with Crippen LogP contribution in [-0.2, 0) is 11.2 Å². The van der Waals surface area contributed by atoms with Crippen LogP contribution in [0.25, 0.3) is 10.1 Å². The van der Waals surface area contributed by atoms with Crippen molar-refractivity contribution in [1.29, 1.82) is 0 Å². The van der Waals surface area contributed by atoms with E-state index in [4.69, 9.17) is 5.73 Å². The Morgan fingerprint density at radius 2 is 2.21 bits per heavy atom. The summed E-state index contributed by atoms with van der Waals surface area (Å²) in [7, 11) is 0. The normalized spacial score (nSPS) is 12.9. The molecule has 14 heavy (non-hydrogen) atoms. The summed E-state index contributed by atoms with van der Waals surface area (Å²) in [6.45, 7) is 0. The Bertz CT molecular complexity index is 449. The number of carbonyl (C=O) groups excluding carboxylic acids is 1. The third kappa shape index (κ3) is 1.69. The number of carbonyl (C=O) groups is 1. The van der Waals surface area contributed by atoms with Crippen molar-refractivity contribution in [2.75, 3.05) is 0 Å². The molecule has 2 nitrogen and oxygen atoms in total. The first-order valence-corrected chi connectivity index (χ1v) is 5.35. The molecule has 0 spiro atoms. The maximum absolute atomic E-state index is 10.4. The molecule has 0 unspecified atom stereocenters. The quantitative estimate of drug-likeness (QED) is 0.778. The summed E-state index contributed by atoms with van der Waals surface area (Å²) in [5.41, 5.74) is 6.76. The van der Waals surface area contributed by atoms with E-state index in [0.717, 1.165) is 6.29 Å². The minimum atomic E-state index is -0.381. The maximum atomic E-state index is 10.4. The zero-order valence-electron chi connectivity index (χ0n) is 7.64. The van der Waals surface area contributed by atoms with Crippen LogP contribution in [0.2, 0.25) is 0 Å². The first-order valence-electron chi connectivity index (χ1n) is 4.47. The molecule has 0 aliphatic carbocycles. The SMILES string of the molecule is N[C@@H](C=O)Cc1csc2ccccc12. The fraction of sp³-hybridized carbons (Fsp3) is 0.182. The van der Waals surface area contributed by atoms with Crippen molar-refractivity contribution in [1.82, 2.24) is 0 Å². The average molecular weight is 205 g/mol. The van der Waals surface area contributed by atoms with Crippen molar-refractivity contribution in [2.24, 2.45) is 5.73 Å². The van der Waals surface area contributed by atoms with E-state index in [1.807, 2.05) is 12.1 Å². The zero-order chi connectivity index (χ0) is 9.97.